The molecule has 1 N–H and O–H groups in total. The van der Waals surface area contributed by atoms with Gasteiger partial charge in [-0.2, -0.15) is 0 Å². The second kappa shape index (κ2) is 7.09. The second-order valence-corrected chi connectivity index (χ2v) is 7.26. The molecule has 0 bridgehead atoms. The van der Waals surface area contributed by atoms with Crippen molar-refractivity contribution in [2.75, 3.05) is 4.90 Å². The SMILES string of the molecule is Cc1cc(N2C(=O)C(O)=C(C(=O)c3ccco3)C2c2ccc(C(C)C)cc2)no1. The molecule has 1 aliphatic heterocycles. The Morgan fingerprint density at radius 3 is 2.48 bits per heavy atom. The predicted octanol–water partition coefficient (Wildman–Crippen LogP) is 4.48. The Balaban J connectivity index is 1.85. The van der Waals surface area contributed by atoms with Gasteiger partial charge in [0.2, 0.25) is 5.78 Å². The van der Waals surface area contributed by atoms with Crippen LogP contribution in [0, 0.1) is 6.92 Å². The molecule has 1 atom stereocenters. The average Bonchev–Trinajstić information content (AvgIpc) is 3.43. The first kappa shape index (κ1) is 18.7. The number of nitrogens with zero attached hydrogens (tertiary/aromatic N) is 2. The summed E-state index contributed by atoms with van der Waals surface area (Å²) in [6.45, 7) is 5.86. The minimum atomic E-state index is -0.856. The van der Waals surface area contributed by atoms with Crippen LogP contribution in [0.3, 0.4) is 0 Å². The number of aliphatic hydroxyl groups excluding tert-OH is 1. The number of aromatic nitrogens is 1. The molecule has 29 heavy (non-hydrogen) atoms. The van der Waals surface area contributed by atoms with E-state index in [0.29, 0.717) is 17.2 Å². The summed E-state index contributed by atoms with van der Waals surface area (Å²) in [4.78, 5) is 27.3. The Kier molecular flexibility index (Phi) is 4.58. The van der Waals surface area contributed by atoms with Crippen LogP contribution in [0.2, 0.25) is 0 Å². The molecule has 0 radical (unpaired) electrons. The third kappa shape index (κ3) is 3.14. The standard InChI is InChI=1S/C22H20N2O5/c1-12(2)14-6-8-15(9-7-14)19-18(20(25)16-5-4-10-28-16)21(26)22(27)24(19)17-11-13(3)29-23-17/h4-12,19,26H,1-3H3. The predicted molar refractivity (Wildman–Crippen MR) is 105 cm³/mol. The summed E-state index contributed by atoms with van der Waals surface area (Å²) >= 11 is 0. The van der Waals surface area contributed by atoms with Crippen LogP contribution in [0.15, 0.2) is 69.0 Å². The Morgan fingerprint density at radius 2 is 1.93 bits per heavy atom. The van der Waals surface area contributed by atoms with Crippen LogP contribution < -0.4 is 4.90 Å². The maximum Gasteiger partial charge on any atom is 0.295 e. The Hall–Kier alpha value is -3.61. The van der Waals surface area contributed by atoms with Crippen molar-refractivity contribution in [1.82, 2.24) is 5.16 Å². The van der Waals surface area contributed by atoms with Crippen LogP contribution in [-0.2, 0) is 4.79 Å². The molecule has 7 nitrogen and oxygen atoms in total. The number of Topliss-reactive ketones (excluding diaryl/α,β-unsaturated/α-hetero) is 1. The lowest BCUT2D eigenvalue weighted by Gasteiger charge is -2.24. The largest absolute Gasteiger partial charge is 0.503 e. The van der Waals surface area contributed by atoms with Gasteiger partial charge in [0.05, 0.1) is 17.9 Å². The van der Waals surface area contributed by atoms with Crippen molar-refractivity contribution >= 4 is 17.5 Å². The minimum Gasteiger partial charge on any atom is -0.503 e. The van der Waals surface area contributed by atoms with Crippen molar-refractivity contribution in [3.8, 4) is 0 Å². The van der Waals surface area contributed by atoms with Crippen molar-refractivity contribution < 1.29 is 23.6 Å². The summed E-state index contributed by atoms with van der Waals surface area (Å²) in [6, 6.07) is 11.4. The Bertz CT molecular complexity index is 1090. The van der Waals surface area contributed by atoms with Crippen LogP contribution in [0.4, 0.5) is 5.82 Å². The molecule has 0 saturated heterocycles. The number of anilines is 1. The van der Waals surface area contributed by atoms with E-state index in [-0.39, 0.29) is 17.2 Å². The summed E-state index contributed by atoms with van der Waals surface area (Å²) in [5, 5.41) is 14.5. The zero-order chi connectivity index (χ0) is 20.7. The Morgan fingerprint density at radius 1 is 1.21 bits per heavy atom. The number of furan rings is 1. The topological polar surface area (TPSA) is 96.8 Å². The van der Waals surface area contributed by atoms with E-state index in [1.807, 2.05) is 24.3 Å². The van der Waals surface area contributed by atoms with Crippen molar-refractivity contribution in [3.63, 3.8) is 0 Å². The van der Waals surface area contributed by atoms with E-state index in [1.165, 1.54) is 17.2 Å². The maximum atomic E-state index is 13.1. The molecule has 1 amide bonds. The highest BCUT2D eigenvalue weighted by molar-refractivity contribution is 6.19. The molecule has 148 valence electrons. The summed E-state index contributed by atoms with van der Waals surface area (Å²) < 4.78 is 10.3. The van der Waals surface area contributed by atoms with Gasteiger partial charge in [0.1, 0.15) is 5.76 Å². The van der Waals surface area contributed by atoms with E-state index < -0.39 is 23.5 Å². The van der Waals surface area contributed by atoms with Gasteiger partial charge in [-0.3, -0.25) is 14.5 Å². The first-order valence-corrected chi connectivity index (χ1v) is 9.26. The van der Waals surface area contributed by atoms with Gasteiger partial charge < -0.3 is 14.0 Å². The molecule has 0 spiro atoms. The molecule has 2 aromatic heterocycles. The normalized spacial score (nSPS) is 16.9. The summed E-state index contributed by atoms with van der Waals surface area (Å²) in [7, 11) is 0. The highest BCUT2D eigenvalue weighted by atomic mass is 16.5. The monoisotopic (exact) mass is 392 g/mol. The lowest BCUT2D eigenvalue weighted by molar-refractivity contribution is -0.117. The molecule has 0 aliphatic carbocycles. The number of hydrogen-bond donors (Lipinski definition) is 1. The van der Waals surface area contributed by atoms with Gasteiger partial charge in [-0.1, -0.05) is 43.3 Å². The second-order valence-electron chi connectivity index (χ2n) is 7.26. The molecule has 1 unspecified atom stereocenters. The van der Waals surface area contributed by atoms with Crippen LogP contribution in [0.25, 0.3) is 0 Å². The molecular weight excluding hydrogens is 372 g/mol. The van der Waals surface area contributed by atoms with E-state index in [2.05, 4.69) is 19.0 Å². The number of aliphatic hydroxyl groups is 1. The van der Waals surface area contributed by atoms with E-state index >= 15 is 0 Å². The number of amides is 1. The van der Waals surface area contributed by atoms with Gasteiger partial charge in [-0.05, 0) is 36.1 Å². The zero-order valence-electron chi connectivity index (χ0n) is 16.2. The molecule has 7 heteroatoms. The number of aryl methyl sites for hydroxylation is 1. The van der Waals surface area contributed by atoms with Gasteiger partial charge in [-0.15, -0.1) is 0 Å². The third-order valence-electron chi connectivity index (χ3n) is 4.98. The molecule has 1 aromatic carbocycles. The smallest absolute Gasteiger partial charge is 0.295 e. The molecular formula is C22H20N2O5. The number of benzene rings is 1. The third-order valence-corrected chi connectivity index (χ3v) is 4.98. The van der Waals surface area contributed by atoms with Gasteiger partial charge >= 0.3 is 0 Å². The number of carbonyl (C=O) groups excluding carboxylic acids is 2. The first-order chi connectivity index (χ1) is 13.9. The molecule has 0 saturated carbocycles. The molecule has 3 aromatic rings. The summed E-state index contributed by atoms with van der Waals surface area (Å²) in [5.41, 5.74) is 1.74. The Labute approximate surface area is 167 Å². The number of rotatable bonds is 5. The zero-order valence-corrected chi connectivity index (χ0v) is 16.2. The number of carbonyl (C=O) groups is 2. The molecule has 3 heterocycles. The van der Waals surface area contributed by atoms with Crippen molar-refractivity contribution in [1.29, 1.82) is 0 Å². The van der Waals surface area contributed by atoms with Crippen LogP contribution >= 0.6 is 0 Å². The fourth-order valence-electron chi connectivity index (χ4n) is 3.46. The van der Waals surface area contributed by atoms with E-state index in [0.717, 1.165) is 5.56 Å². The lowest BCUT2D eigenvalue weighted by atomic mass is 9.93. The summed E-state index contributed by atoms with van der Waals surface area (Å²) in [5.74, 6) is -0.790. The fourth-order valence-corrected chi connectivity index (χ4v) is 3.46. The van der Waals surface area contributed by atoms with Crippen molar-refractivity contribution in [3.05, 3.63) is 82.7 Å². The van der Waals surface area contributed by atoms with Gasteiger partial charge in [0.25, 0.3) is 5.91 Å². The molecule has 1 aliphatic rings. The van der Waals surface area contributed by atoms with E-state index in [1.54, 1.807) is 19.1 Å². The van der Waals surface area contributed by atoms with Crippen molar-refractivity contribution in [2.45, 2.75) is 32.7 Å². The first-order valence-electron chi connectivity index (χ1n) is 9.26. The van der Waals surface area contributed by atoms with Gasteiger partial charge in [-0.25, -0.2) is 0 Å². The minimum absolute atomic E-state index is 0.0429. The quantitative estimate of drug-likeness (QED) is 0.643. The van der Waals surface area contributed by atoms with Crippen LogP contribution in [-0.4, -0.2) is 22.0 Å². The van der Waals surface area contributed by atoms with Gasteiger partial charge in [0.15, 0.2) is 17.3 Å². The molecule has 0 fully saturated rings. The lowest BCUT2D eigenvalue weighted by Crippen LogP contribution is -2.31. The van der Waals surface area contributed by atoms with E-state index in [9.17, 15) is 14.7 Å². The summed E-state index contributed by atoms with van der Waals surface area (Å²) in [6.07, 6.45) is 1.37. The highest BCUT2D eigenvalue weighted by Crippen LogP contribution is 2.41. The maximum absolute atomic E-state index is 13.1. The van der Waals surface area contributed by atoms with Gasteiger partial charge in [0, 0.05) is 6.07 Å². The van der Waals surface area contributed by atoms with Crippen LogP contribution in [0.1, 0.15) is 53.2 Å². The molecule has 4 rings (SSSR count). The fraction of sp³-hybridized carbons (Fsp3) is 0.227. The van der Waals surface area contributed by atoms with Crippen molar-refractivity contribution in [2.24, 2.45) is 0 Å². The van der Waals surface area contributed by atoms with E-state index in [4.69, 9.17) is 8.94 Å². The highest BCUT2D eigenvalue weighted by Gasteiger charge is 2.46. The van der Waals surface area contributed by atoms with Crippen LogP contribution in [0.5, 0.6) is 0 Å². The average molecular weight is 392 g/mol. The number of hydrogen-bond acceptors (Lipinski definition) is 6. The number of ketones is 1.